The minimum Gasteiger partial charge on any atom is -0.207 e. The molecule has 0 aliphatic rings. The molecule has 0 aromatic heterocycles. The fourth-order valence-electron chi connectivity index (χ4n) is 2.85. The summed E-state index contributed by atoms with van der Waals surface area (Å²) >= 11 is -0.376. The number of rotatable bonds is 2. The van der Waals surface area contributed by atoms with Crippen LogP contribution in [-0.4, -0.2) is 0 Å². The molecule has 0 saturated carbocycles. The van der Waals surface area contributed by atoms with Crippen molar-refractivity contribution in [1.82, 2.24) is 0 Å². The Morgan fingerprint density at radius 3 is 1.42 bits per heavy atom. The molecule has 0 saturated heterocycles. The molecule has 2 aromatic carbocycles. The maximum Gasteiger partial charge on any atom is 0.358 e. The lowest BCUT2D eigenvalue weighted by atomic mass is 9.75. The molecule has 2 aromatic rings. The Balaban J connectivity index is 2.75. The van der Waals surface area contributed by atoms with E-state index in [1.54, 1.807) is 12.1 Å². The van der Waals surface area contributed by atoms with Gasteiger partial charge in [0.2, 0.25) is 3.57 Å². The molecule has 142 valence electrons. The summed E-state index contributed by atoms with van der Waals surface area (Å²) in [7, 11) is 0. The molecule has 0 radical (unpaired) electrons. The molecule has 0 aliphatic carbocycles. The third-order valence-corrected chi connectivity index (χ3v) is 7.61. The molecule has 0 amide bonds. The molecular weight excluding hydrogens is 434 g/mol. The molecule has 0 spiro atoms. The largest absolute Gasteiger partial charge is 0.358 e. The van der Waals surface area contributed by atoms with E-state index >= 15 is 0 Å². The summed E-state index contributed by atoms with van der Waals surface area (Å²) in [5.41, 5.74) is 4.58. The molecule has 0 bridgehead atoms. The third kappa shape index (κ3) is 5.09. The van der Waals surface area contributed by atoms with Gasteiger partial charge in [-0.1, -0.05) is 74.4 Å². The van der Waals surface area contributed by atoms with Crippen LogP contribution in [0.1, 0.15) is 79.0 Å². The van der Waals surface area contributed by atoms with Crippen LogP contribution < -0.4 is 21.2 Å². The van der Waals surface area contributed by atoms with Crippen molar-refractivity contribution in [3.05, 3.63) is 66.0 Å². The van der Waals surface area contributed by atoms with Crippen molar-refractivity contribution < 1.29 is 25.6 Å². The van der Waals surface area contributed by atoms with Crippen LogP contribution in [-0.2, 0) is 16.2 Å². The highest BCUT2D eigenvalue weighted by atomic mass is 127. The van der Waals surface area contributed by atoms with Crippen molar-refractivity contribution in [2.45, 2.75) is 78.6 Å². The highest BCUT2D eigenvalue weighted by molar-refractivity contribution is 5.39. The highest BCUT2D eigenvalue weighted by Gasteiger charge is 2.36. The third-order valence-electron chi connectivity index (χ3n) is 4.56. The van der Waals surface area contributed by atoms with Gasteiger partial charge >= 0.3 is 21.2 Å². The van der Waals surface area contributed by atoms with Crippen LogP contribution in [0, 0.1) is 13.0 Å². The molecule has 0 N–H and O–H groups in total. The summed E-state index contributed by atoms with van der Waals surface area (Å²) in [5, 5.41) is 0. The first-order valence-electron chi connectivity index (χ1n) is 9.29. The molecule has 0 aliphatic heterocycles. The Morgan fingerprint density at radius 1 is 0.654 bits per heavy atom. The van der Waals surface area contributed by atoms with E-state index in [0.29, 0.717) is 0 Å². The second-order valence-electron chi connectivity index (χ2n) is 10.2. The quantitative estimate of drug-likeness (QED) is 0.589. The zero-order valence-corrected chi connectivity index (χ0v) is 19.9. The highest BCUT2D eigenvalue weighted by Crippen LogP contribution is 2.34. The van der Waals surface area contributed by atoms with Gasteiger partial charge in [0, 0.05) is 11.1 Å². The lowest BCUT2D eigenvalue weighted by Crippen LogP contribution is -3.62. The van der Waals surface area contributed by atoms with Crippen LogP contribution in [0.15, 0.2) is 36.4 Å². The van der Waals surface area contributed by atoms with Crippen molar-refractivity contribution in [3.63, 3.8) is 0 Å². The van der Waals surface area contributed by atoms with Crippen LogP contribution in [0.5, 0.6) is 0 Å². The van der Waals surface area contributed by atoms with E-state index in [9.17, 15) is 4.39 Å². The molecule has 26 heavy (non-hydrogen) atoms. The van der Waals surface area contributed by atoms with Crippen LogP contribution in [0.2, 0.25) is 0 Å². The molecule has 0 heterocycles. The number of hydrogen-bond donors (Lipinski definition) is 0. The minimum absolute atomic E-state index is 0.0797. The Kier molecular flexibility index (Phi) is 5.97. The van der Waals surface area contributed by atoms with Gasteiger partial charge in [-0.2, -0.15) is 0 Å². The van der Waals surface area contributed by atoms with E-state index in [1.165, 1.54) is 23.8 Å². The standard InChI is InChI=1S/C24H33FI/c1-22(2,3)16-14-19(23(4,5)6)21(20(15-16)24(7,8)9)26-18-12-10-17(25)11-13-18/h10-15H,1-9H3/q+1. The first-order chi connectivity index (χ1) is 11.7. The molecule has 0 fully saturated rings. The number of hydrogen-bond acceptors (Lipinski definition) is 0. The van der Waals surface area contributed by atoms with Gasteiger partial charge in [-0.05, 0) is 46.1 Å². The van der Waals surface area contributed by atoms with E-state index in [1.807, 2.05) is 12.1 Å². The van der Waals surface area contributed by atoms with Gasteiger partial charge in [-0.25, -0.2) is 4.39 Å². The van der Waals surface area contributed by atoms with Gasteiger partial charge in [-0.15, -0.1) is 0 Å². The predicted octanol–water partition coefficient (Wildman–Crippen LogP) is 3.85. The van der Waals surface area contributed by atoms with E-state index in [2.05, 4.69) is 74.4 Å². The Morgan fingerprint density at radius 2 is 1.08 bits per heavy atom. The normalized spacial score (nSPS) is 13.2. The average Bonchev–Trinajstić information content (AvgIpc) is 2.46. The summed E-state index contributed by atoms with van der Waals surface area (Å²) in [6, 6.07) is 11.9. The summed E-state index contributed by atoms with van der Waals surface area (Å²) in [4.78, 5) is 0. The van der Waals surface area contributed by atoms with Gasteiger partial charge in [0.1, 0.15) is 5.82 Å². The zero-order valence-electron chi connectivity index (χ0n) is 17.7. The van der Waals surface area contributed by atoms with E-state index in [0.717, 1.165) is 0 Å². The second kappa shape index (κ2) is 7.26. The lowest BCUT2D eigenvalue weighted by Gasteiger charge is -2.29. The van der Waals surface area contributed by atoms with E-state index < -0.39 is 0 Å². The van der Waals surface area contributed by atoms with Gasteiger partial charge in [0.25, 0.3) is 0 Å². The SMILES string of the molecule is CC(C)(C)c1cc(C(C)(C)C)c([I+]c2ccc(F)cc2)c(C(C)(C)C)c1. The predicted molar refractivity (Wildman–Crippen MR) is 106 cm³/mol. The minimum atomic E-state index is -0.376. The maximum atomic E-state index is 13.4. The summed E-state index contributed by atoms with van der Waals surface area (Å²) in [6.07, 6.45) is 0. The fourth-order valence-corrected chi connectivity index (χ4v) is 6.71. The van der Waals surface area contributed by atoms with Crippen LogP contribution in [0.3, 0.4) is 0 Å². The fraction of sp³-hybridized carbons (Fsp3) is 0.500. The van der Waals surface area contributed by atoms with Crippen LogP contribution in [0.4, 0.5) is 4.39 Å². The molecule has 2 rings (SSSR count). The molecule has 0 unspecified atom stereocenters. The summed E-state index contributed by atoms with van der Waals surface area (Å²) in [6.45, 7) is 20.7. The smallest absolute Gasteiger partial charge is 0.207 e. The lowest BCUT2D eigenvalue weighted by molar-refractivity contribution is -0.599. The van der Waals surface area contributed by atoms with Gasteiger partial charge in [0.15, 0.2) is 3.57 Å². The Labute approximate surface area is 169 Å². The Bertz CT molecular complexity index is 731. The average molecular weight is 467 g/mol. The van der Waals surface area contributed by atoms with Gasteiger partial charge in [-0.3, -0.25) is 0 Å². The molecule has 0 atom stereocenters. The topological polar surface area (TPSA) is 0 Å². The van der Waals surface area contributed by atoms with Crippen molar-refractivity contribution >= 4 is 0 Å². The first-order valence-corrected chi connectivity index (χ1v) is 11.5. The summed E-state index contributed by atoms with van der Waals surface area (Å²) < 4.78 is 16.1. The maximum absolute atomic E-state index is 13.4. The monoisotopic (exact) mass is 467 g/mol. The van der Waals surface area contributed by atoms with Crippen molar-refractivity contribution in [2.24, 2.45) is 0 Å². The van der Waals surface area contributed by atoms with Crippen LogP contribution in [0.25, 0.3) is 0 Å². The number of halogens is 2. The number of benzene rings is 2. The second-order valence-corrected chi connectivity index (χ2v) is 13.0. The van der Waals surface area contributed by atoms with E-state index in [-0.39, 0.29) is 43.3 Å². The van der Waals surface area contributed by atoms with Gasteiger partial charge < -0.3 is 0 Å². The molecule has 0 nitrogen and oxygen atoms in total. The van der Waals surface area contributed by atoms with E-state index in [4.69, 9.17) is 0 Å². The Hall–Kier alpha value is -0.900. The molecular formula is C24H33FI+. The van der Waals surface area contributed by atoms with Crippen molar-refractivity contribution in [2.75, 3.05) is 0 Å². The van der Waals surface area contributed by atoms with Gasteiger partial charge in [0.05, 0.1) is 0 Å². The van der Waals surface area contributed by atoms with Crippen molar-refractivity contribution in [3.8, 4) is 0 Å². The van der Waals surface area contributed by atoms with Crippen LogP contribution >= 0.6 is 0 Å². The molecule has 2 heteroatoms. The zero-order chi connectivity index (χ0) is 19.9. The summed E-state index contributed by atoms with van der Waals surface area (Å²) in [5.74, 6) is -0.159. The first kappa shape index (κ1) is 21.4. The van der Waals surface area contributed by atoms with Crippen molar-refractivity contribution in [1.29, 1.82) is 0 Å².